The molecule has 130 valence electrons. The van der Waals surface area contributed by atoms with Crippen molar-refractivity contribution in [3.8, 4) is 11.1 Å². The zero-order chi connectivity index (χ0) is 18.2. The van der Waals surface area contributed by atoms with E-state index in [9.17, 15) is 9.18 Å². The number of halogens is 1. The van der Waals surface area contributed by atoms with Crippen molar-refractivity contribution in [1.29, 1.82) is 0 Å². The molecule has 0 fully saturated rings. The van der Waals surface area contributed by atoms with Gasteiger partial charge in [0.25, 0.3) is 5.91 Å². The summed E-state index contributed by atoms with van der Waals surface area (Å²) in [5.41, 5.74) is 7.13. The van der Waals surface area contributed by atoms with E-state index in [0.29, 0.717) is 11.2 Å². The highest BCUT2D eigenvalue weighted by molar-refractivity contribution is 6.02. The van der Waals surface area contributed by atoms with Crippen molar-refractivity contribution in [3.05, 3.63) is 48.5 Å². The van der Waals surface area contributed by atoms with Gasteiger partial charge >= 0.3 is 0 Å². The van der Waals surface area contributed by atoms with E-state index in [0.717, 1.165) is 11.1 Å². The van der Waals surface area contributed by atoms with E-state index in [1.807, 2.05) is 24.4 Å². The SMILES string of the molecule is C[C@@H](Nc1c(C(N)=O)cnn2cc(-c3cccnc3)cc12)C(C)(C)F. The van der Waals surface area contributed by atoms with E-state index in [4.69, 9.17) is 5.73 Å². The van der Waals surface area contributed by atoms with Crippen LogP contribution < -0.4 is 11.1 Å². The molecule has 6 nitrogen and oxygen atoms in total. The highest BCUT2D eigenvalue weighted by Crippen LogP contribution is 2.30. The van der Waals surface area contributed by atoms with Crippen molar-refractivity contribution in [2.75, 3.05) is 5.32 Å². The zero-order valence-electron chi connectivity index (χ0n) is 14.3. The molecule has 0 radical (unpaired) electrons. The van der Waals surface area contributed by atoms with Crippen LogP contribution in [0.15, 0.2) is 43.0 Å². The lowest BCUT2D eigenvalue weighted by Crippen LogP contribution is -2.36. The van der Waals surface area contributed by atoms with Crippen LogP contribution in [0.2, 0.25) is 0 Å². The lowest BCUT2D eigenvalue weighted by molar-refractivity contribution is 0.1000. The second kappa shape index (κ2) is 6.16. The maximum atomic E-state index is 14.3. The highest BCUT2D eigenvalue weighted by atomic mass is 19.1. The van der Waals surface area contributed by atoms with Crippen LogP contribution in [-0.2, 0) is 0 Å². The number of carbonyl (C=O) groups excluding carboxylic acids is 1. The molecule has 0 saturated carbocycles. The first-order chi connectivity index (χ1) is 11.8. The molecule has 0 saturated heterocycles. The van der Waals surface area contributed by atoms with Gasteiger partial charge in [-0.15, -0.1) is 0 Å². The van der Waals surface area contributed by atoms with Gasteiger partial charge in [0.2, 0.25) is 0 Å². The van der Waals surface area contributed by atoms with Gasteiger partial charge in [-0.1, -0.05) is 6.07 Å². The van der Waals surface area contributed by atoms with Crippen molar-refractivity contribution in [2.45, 2.75) is 32.5 Å². The Kier molecular flexibility index (Phi) is 4.16. The number of amides is 1. The third-order valence-corrected chi connectivity index (χ3v) is 4.29. The minimum absolute atomic E-state index is 0.222. The summed E-state index contributed by atoms with van der Waals surface area (Å²) in [4.78, 5) is 15.9. The van der Waals surface area contributed by atoms with Crippen molar-refractivity contribution in [2.24, 2.45) is 5.73 Å². The standard InChI is InChI=1S/C18H20FN5O/c1-11(18(2,3)19)23-16-14(17(20)25)9-22-24-10-13(7-15(16)24)12-5-4-6-21-8-12/h4-11,23H,1-3H3,(H2,20,25)/t11-/m1/s1. The fourth-order valence-electron chi connectivity index (χ4n) is 2.47. The van der Waals surface area contributed by atoms with Gasteiger partial charge in [-0.3, -0.25) is 9.78 Å². The van der Waals surface area contributed by atoms with E-state index in [1.54, 1.807) is 23.8 Å². The molecule has 0 aliphatic carbocycles. The van der Waals surface area contributed by atoms with Crippen LogP contribution in [-0.4, -0.2) is 32.2 Å². The average molecular weight is 341 g/mol. The number of pyridine rings is 1. The van der Waals surface area contributed by atoms with Gasteiger partial charge < -0.3 is 11.1 Å². The van der Waals surface area contributed by atoms with Gasteiger partial charge in [-0.25, -0.2) is 8.91 Å². The first kappa shape index (κ1) is 16.9. The van der Waals surface area contributed by atoms with Crippen LogP contribution in [0.5, 0.6) is 0 Å². The lowest BCUT2D eigenvalue weighted by Gasteiger charge is -2.26. The van der Waals surface area contributed by atoms with Gasteiger partial charge in [0.15, 0.2) is 0 Å². The monoisotopic (exact) mass is 341 g/mol. The molecular weight excluding hydrogens is 321 g/mol. The topological polar surface area (TPSA) is 85.3 Å². The van der Waals surface area contributed by atoms with Crippen molar-refractivity contribution >= 4 is 17.1 Å². The number of fused-ring (bicyclic) bond motifs is 1. The Morgan fingerprint density at radius 2 is 2.12 bits per heavy atom. The molecule has 1 atom stereocenters. The van der Waals surface area contributed by atoms with E-state index >= 15 is 0 Å². The Morgan fingerprint density at radius 3 is 2.72 bits per heavy atom. The average Bonchev–Trinajstić information content (AvgIpc) is 2.99. The molecule has 3 aromatic heterocycles. The molecule has 0 aliphatic rings. The quantitative estimate of drug-likeness (QED) is 0.747. The summed E-state index contributed by atoms with van der Waals surface area (Å²) in [7, 11) is 0. The second-order valence-electron chi connectivity index (χ2n) is 6.53. The number of nitrogens with zero attached hydrogens (tertiary/aromatic N) is 3. The predicted molar refractivity (Wildman–Crippen MR) is 95.2 cm³/mol. The Hall–Kier alpha value is -2.96. The number of anilines is 1. The molecule has 0 unspecified atom stereocenters. The Bertz CT molecular complexity index is 914. The molecule has 0 aromatic carbocycles. The number of aromatic nitrogens is 3. The number of hydrogen-bond acceptors (Lipinski definition) is 4. The summed E-state index contributed by atoms with van der Waals surface area (Å²) in [5.74, 6) is -0.620. The summed E-state index contributed by atoms with van der Waals surface area (Å²) in [6, 6.07) is 5.11. The molecule has 25 heavy (non-hydrogen) atoms. The van der Waals surface area contributed by atoms with Crippen LogP contribution in [0.25, 0.3) is 16.6 Å². The van der Waals surface area contributed by atoms with Crippen LogP contribution in [0.4, 0.5) is 10.1 Å². The third-order valence-electron chi connectivity index (χ3n) is 4.29. The van der Waals surface area contributed by atoms with Crippen molar-refractivity contribution < 1.29 is 9.18 Å². The largest absolute Gasteiger partial charge is 0.377 e. The summed E-state index contributed by atoms with van der Waals surface area (Å²) in [5, 5.41) is 7.33. The van der Waals surface area contributed by atoms with E-state index < -0.39 is 17.6 Å². The van der Waals surface area contributed by atoms with E-state index in [1.165, 1.54) is 20.0 Å². The Labute approximate surface area is 144 Å². The first-order valence-electron chi connectivity index (χ1n) is 7.94. The molecule has 7 heteroatoms. The minimum Gasteiger partial charge on any atom is -0.377 e. The van der Waals surface area contributed by atoms with Crippen LogP contribution in [0.3, 0.4) is 0 Å². The Balaban J connectivity index is 2.15. The number of nitrogens with one attached hydrogen (secondary N) is 1. The molecule has 3 N–H and O–H groups in total. The molecular formula is C18H20FN5O. The second-order valence-corrected chi connectivity index (χ2v) is 6.53. The van der Waals surface area contributed by atoms with Gasteiger partial charge in [-0.05, 0) is 32.9 Å². The number of alkyl halides is 1. The van der Waals surface area contributed by atoms with Gasteiger partial charge in [0.1, 0.15) is 5.67 Å². The molecule has 3 aromatic rings. The molecule has 3 heterocycles. The maximum absolute atomic E-state index is 14.3. The maximum Gasteiger partial charge on any atom is 0.252 e. The van der Waals surface area contributed by atoms with Gasteiger partial charge in [-0.2, -0.15) is 5.10 Å². The number of rotatable bonds is 5. The summed E-state index contributed by atoms with van der Waals surface area (Å²) in [6.45, 7) is 4.67. The van der Waals surface area contributed by atoms with Crippen molar-refractivity contribution in [3.63, 3.8) is 0 Å². The normalized spacial score (nSPS) is 13.0. The van der Waals surface area contributed by atoms with Gasteiger partial charge in [0, 0.05) is 29.7 Å². The van der Waals surface area contributed by atoms with Gasteiger partial charge in [0.05, 0.1) is 29.0 Å². The van der Waals surface area contributed by atoms with Crippen LogP contribution >= 0.6 is 0 Å². The summed E-state index contributed by atoms with van der Waals surface area (Å²) < 4.78 is 15.9. The molecule has 0 bridgehead atoms. The molecule has 3 rings (SSSR count). The number of carbonyl (C=O) groups is 1. The first-order valence-corrected chi connectivity index (χ1v) is 7.94. The highest BCUT2D eigenvalue weighted by Gasteiger charge is 2.27. The minimum atomic E-state index is -1.48. The molecule has 1 amide bonds. The Morgan fingerprint density at radius 1 is 1.36 bits per heavy atom. The lowest BCUT2D eigenvalue weighted by atomic mass is 10.0. The number of primary amides is 1. The smallest absolute Gasteiger partial charge is 0.252 e. The van der Waals surface area contributed by atoms with E-state index in [2.05, 4.69) is 15.4 Å². The van der Waals surface area contributed by atoms with Crippen LogP contribution in [0.1, 0.15) is 31.1 Å². The molecule has 0 spiro atoms. The van der Waals surface area contributed by atoms with Crippen molar-refractivity contribution in [1.82, 2.24) is 14.6 Å². The van der Waals surface area contributed by atoms with E-state index in [-0.39, 0.29) is 5.56 Å². The number of hydrogen-bond donors (Lipinski definition) is 2. The zero-order valence-corrected chi connectivity index (χ0v) is 14.3. The summed E-state index contributed by atoms with van der Waals surface area (Å²) in [6.07, 6.45) is 6.65. The predicted octanol–water partition coefficient (Wildman–Crippen LogP) is 3.04. The fraction of sp³-hybridized carbons (Fsp3) is 0.278. The third kappa shape index (κ3) is 3.31. The summed E-state index contributed by atoms with van der Waals surface area (Å²) >= 11 is 0. The number of nitrogens with two attached hydrogens (primary N) is 1. The molecule has 0 aliphatic heterocycles. The fourth-order valence-corrected chi connectivity index (χ4v) is 2.47. The van der Waals surface area contributed by atoms with Crippen LogP contribution in [0, 0.1) is 0 Å².